The highest BCUT2D eigenvalue weighted by molar-refractivity contribution is 5.19. The molecule has 0 aliphatic carbocycles. The highest BCUT2D eigenvalue weighted by Gasteiger charge is 2.11. The fraction of sp³-hybridized carbons (Fsp3) is 0.400. The third-order valence-corrected chi connectivity index (χ3v) is 2.12. The Morgan fingerprint density at radius 2 is 1.75 bits per heavy atom. The van der Waals surface area contributed by atoms with Gasteiger partial charge in [0.25, 0.3) is 0 Å². The Bertz CT molecular complexity index is 221. The molecule has 0 aliphatic rings. The van der Waals surface area contributed by atoms with Gasteiger partial charge in [0.1, 0.15) is 0 Å². The number of benzene rings is 1. The standard InChI is InChI=1S/C10H16N2/c1-2-9(11)10(12)8-6-4-3-5-7-8/h3-7,9-10H,2,11-12H2,1H3/t9-,10+/m0/s1. The number of nitrogens with two attached hydrogens (primary N) is 2. The molecule has 0 aromatic heterocycles. The van der Waals surface area contributed by atoms with E-state index in [4.69, 9.17) is 11.5 Å². The van der Waals surface area contributed by atoms with Crippen LogP contribution in [0, 0.1) is 0 Å². The lowest BCUT2D eigenvalue weighted by Gasteiger charge is -2.18. The summed E-state index contributed by atoms with van der Waals surface area (Å²) in [4.78, 5) is 0. The predicted octanol–water partition coefficient (Wildman–Crippen LogP) is 1.42. The average Bonchev–Trinajstić information content (AvgIpc) is 2.17. The SMILES string of the molecule is CC[C@H](N)[C@H](N)c1ccccc1. The molecule has 0 radical (unpaired) electrons. The third-order valence-electron chi connectivity index (χ3n) is 2.12. The van der Waals surface area contributed by atoms with Crippen molar-refractivity contribution in [1.82, 2.24) is 0 Å². The van der Waals surface area contributed by atoms with Crippen molar-refractivity contribution in [2.45, 2.75) is 25.4 Å². The second-order valence-electron chi connectivity index (χ2n) is 3.01. The number of hydrogen-bond acceptors (Lipinski definition) is 2. The van der Waals surface area contributed by atoms with Gasteiger partial charge in [0.15, 0.2) is 0 Å². The smallest absolute Gasteiger partial charge is 0.0448 e. The Kier molecular flexibility index (Phi) is 3.26. The molecule has 0 aliphatic heterocycles. The Hall–Kier alpha value is -0.860. The average molecular weight is 164 g/mol. The molecule has 2 atom stereocenters. The van der Waals surface area contributed by atoms with Gasteiger partial charge < -0.3 is 11.5 Å². The summed E-state index contributed by atoms with van der Waals surface area (Å²) in [5.74, 6) is 0. The van der Waals surface area contributed by atoms with Gasteiger partial charge in [-0.3, -0.25) is 0 Å². The zero-order valence-electron chi connectivity index (χ0n) is 7.40. The molecule has 1 rings (SSSR count). The van der Waals surface area contributed by atoms with Gasteiger partial charge in [0, 0.05) is 12.1 Å². The zero-order valence-corrected chi connectivity index (χ0v) is 7.40. The maximum Gasteiger partial charge on any atom is 0.0448 e. The van der Waals surface area contributed by atoms with E-state index in [0.29, 0.717) is 0 Å². The minimum absolute atomic E-state index is 0.0313. The van der Waals surface area contributed by atoms with Crippen molar-refractivity contribution < 1.29 is 0 Å². The lowest BCUT2D eigenvalue weighted by atomic mass is 9.99. The van der Waals surface area contributed by atoms with Crippen molar-refractivity contribution in [3.63, 3.8) is 0 Å². The van der Waals surface area contributed by atoms with Gasteiger partial charge in [-0.05, 0) is 12.0 Å². The van der Waals surface area contributed by atoms with Crippen LogP contribution < -0.4 is 11.5 Å². The van der Waals surface area contributed by atoms with E-state index >= 15 is 0 Å². The van der Waals surface area contributed by atoms with Crippen LogP contribution in [-0.4, -0.2) is 6.04 Å². The summed E-state index contributed by atoms with van der Waals surface area (Å²) in [6.45, 7) is 2.05. The molecule has 4 N–H and O–H groups in total. The van der Waals surface area contributed by atoms with E-state index in [0.717, 1.165) is 12.0 Å². The molecule has 0 fully saturated rings. The van der Waals surface area contributed by atoms with Crippen LogP contribution in [0.2, 0.25) is 0 Å². The molecule has 0 heterocycles. The third kappa shape index (κ3) is 2.06. The molecule has 1 aromatic rings. The van der Waals surface area contributed by atoms with Crippen molar-refractivity contribution in [3.8, 4) is 0 Å². The summed E-state index contributed by atoms with van der Waals surface area (Å²) in [6.07, 6.45) is 0.913. The van der Waals surface area contributed by atoms with E-state index in [-0.39, 0.29) is 12.1 Å². The second kappa shape index (κ2) is 4.24. The van der Waals surface area contributed by atoms with Crippen molar-refractivity contribution in [1.29, 1.82) is 0 Å². The van der Waals surface area contributed by atoms with Crippen LogP contribution in [0.4, 0.5) is 0 Å². The van der Waals surface area contributed by atoms with E-state index in [1.807, 2.05) is 37.3 Å². The normalized spacial score (nSPS) is 15.6. The molecule has 12 heavy (non-hydrogen) atoms. The quantitative estimate of drug-likeness (QED) is 0.710. The highest BCUT2D eigenvalue weighted by Crippen LogP contribution is 2.13. The van der Waals surface area contributed by atoms with Crippen LogP contribution in [0.5, 0.6) is 0 Å². The number of rotatable bonds is 3. The van der Waals surface area contributed by atoms with Crippen molar-refractivity contribution in [2.24, 2.45) is 11.5 Å². The van der Waals surface area contributed by atoms with Gasteiger partial charge in [-0.1, -0.05) is 37.3 Å². The number of hydrogen-bond donors (Lipinski definition) is 2. The first-order valence-corrected chi connectivity index (χ1v) is 4.31. The summed E-state index contributed by atoms with van der Waals surface area (Å²) >= 11 is 0. The van der Waals surface area contributed by atoms with Gasteiger partial charge in [-0.25, -0.2) is 0 Å². The fourth-order valence-electron chi connectivity index (χ4n) is 1.18. The Balaban J connectivity index is 2.71. The summed E-state index contributed by atoms with van der Waals surface area (Å²) in [6, 6.07) is 10.0. The largest absolute Gasteiger partial charge is 0.326 e. The van der Waals surface area contributed by atoms with E-state index in [2.05, 4.69) is 0 Å². The molecule has 0 bridgehead atoms. The first-order valence-electron chi connectivity index (χ1n) is 4.31. The molecule has 0 unspecified atom stereocenters. The Morgan fingerprint density at radius 3 is 2.25 bits per heavy atom. The highest BCUT2D eigenvalue weighted by atomic mass is 14.8. The first kappa shape index (κ1) is 9.23. The molecular formula is C10H16N2. The minimum atomic E-state index is -0.0313. The maximum atomic E-state index is 5.92. The van der Waals surface area contributed by atoms with Crippen LogP contribution in [-0.2, 0) is 0 Å². The summed E-state index contributed by atoms with van der Waals surface area (Å²) in [7, 11) is 0. The maximum absolute atomic E-state index is 5.92. The van der Waals surface area contributed by atoms with Crippen LogP contribution in [0.3, 0.4) is 0 Å². The van der Waals surface area contributed by atoms with E-state index < -0.39 is 0 Å². The molecule has 66 valence electrons. The molecule has 2 nitrogen and oxygen atoms in total. The zero-order chi connectivity index (χ0) is 8.97. The Morgan fingerprint density at radius 1 is 1.17 bits per heavy atom. The minimum Gasteiger partial charge on any atom is -0.326 e. The predicted molar refractivity (Wildman–Crippen MR) is 51.6 cm³/mol. The van der Waals surface area contributed by atoms with E-state index in [9.17, 15) is 0 Å². The van der Waals surface area contributed by atoms with Gasteiger partial charge in [0.2, 0.25) is 0 Å². The second-order valence-corrected chi connectivity index (χ2v) is 3.01. The van der Waals surface area contributed by atoms with Crippen LogP contribution in [0.15, 0.2) is 30.3 Å². The van der Waals surface area contributed by atoms with E-state index in [1.165, 1.54) is 0 Å². The molecule has 0 spiro atoms. The molecule has 0 saturated heterocycles. The topological polar surface area (TPSA) is 52.0 Å². The fourth-order valence-corrected chi connectivity index (χ4v) is 1.18. The van der Waals surface area contributed by atoms with Crippen LogP contribution >= 0.6 is 0 Å². The Labute approximate surface area is 73.6 Å². The molecule has 2 heteroatoms. The molecule has 1 aromatic carbocycles. The van der Waals surface area contributed by atoms with E-state index in [1.54, 1.807) is 0 Å². The monoisotopic (exact) mass is 164 g/mol. The summed E-state index contributed by atoms with van der Waals surface area (Å²) < 4.78 is 0. The lowest BCUT2D eigenvalue weighted by molar-refractivity contribution is 0.532. The lowest BCUT2D eigenvalue weighted by Crippen LogP contribution is -2.33. The van der Waals surface area contributed by atoms with Crippen molar-refractivity contribution >= 4 is 0 Å². The molecular weight excluding hydrogens is 148 g/mol. The summed E-state index contributed by atoms with van der Waals surface area (Å²) in [5, 5.41) is 0. The summed E-state index contributed by atoms with van der Waals surface area (Å²) in [5.41, 5.74) is 12.9. The van der Waals surface area contributed by atoms with Gasteiger partial charge in [-0.2, -0.15) is 0 Å². The van der Waals surface area contributed by atoms with Crippen molar-refractivity contribution in [2.75, 3.05) is 0 Å². The van der Waals surface area contributed by atoms with Crippen LogP contribution in [0.1, 0.15) is 24.9 Å². The van der Waals surface area contributed by atoms with Gasteiger partial charge in [0.05, 0.1) is 0 Å². The molecule has 0 saturated carbocycles. The van der Waals surface area contributed by atoms with Gasteiger partial charge >= 0.3 is 0 Å². The first-order chi connectivity index (χ1) is 5.75. The van der Waals surface area contributed by atoms with Gasteiger partial charge in [-0.15, -0.1) is 0 Å². The molecule has 0 amide bonds. The van der Waals surface area contributed by atoms with Crippen molar-refractivity contribution in [3.05, 3.63) is 35.9 Å². The van der Waals surface area contributed by atoms with Crippen LogP contribution in [0.25, 0.3) is 0 Å².